The van der Waals surface area contributed by atoms with Gasteiger partial charge in [0.25, 0.3) is 0 Å². The lowest BCUT2D eigenvalue weighted by Gasteiger charge is -2.29. The molecule has 0 radical (unpaired) electrons. The first kappa shape index (κ1) is 25.7. The number of nitrogens with zero attached hydrogens (tertiary/aromatic N) is 1. The molecule has 2 heterocycles. The standard InChI is InChI=1S/C25H36N4O5/c1-16(2)14-19(27-22(30)18-10-6-12-26-18)23(31)28-20(15-17-8-4-3-5-9-17)24(32)29-13-7-11-21(29)25(33)34/h3-5,8-9,16,18-21,26H,6-7,10-15H2,1-2H3,(H,27,30)(H,28,31)(H,33,34). The SMILES string of the molecule is CC(C)CC(NC(=O)C1CCCN1)C(=O)NC(Cc1ccccc1)C(=O)N1CCCC1C(=O)O. The summed E-state index contributed by atoms with van der Waals surface area (Å²) in [7, 11) is 0. The lowest BCUT2D eigenvalue weighted by Crippen LogP contribution is -2.57. The molecule has 1 aromatic rings. The number of hydrogen-bond acceptors (Lipinski definition) is 5. The zero-order valence-electron chi connectivity index (χ0n) is 20.0. The van der Waals surface area contributed by atoms with Crippen LogP contribution in [-0.2, 0) is 25.6 Å². The summed E-state index contributed by atoms with van der Waals surface area (Å²) in [5, 5.41) is 18.4. The number of aliphatic carboxylic acids is 1. The Bertz CT molecular complexity index is 869. The fourth-order valence-electron chi connectivity index (χ4n) is 4.69. The molecule has 9 heteroatoms. The van der Waals surface area contributed by atoms with E-state index in [1.54, 1.807) is 0 Å². The van der Waals surface area contributed by atoms with Gasteiger partial charge in [-0.1, -0.05) is 44.2 Å². The average molecular weight is 473 g/mol. The highest BCUT2D eigenvalue weighted by molar-refractivity contribution is 5.94. The van der Waals surface area contributed by atoms with E-state index in [0.717, 1.165) is 24.9 Å². The van der Waals surface area contributed by atoms with E-state index in [0.29, 0.717) is 25.8 Å². The molecule has 4 atom stereocenters. The van der Waals surface area contributed by atoms with Gasteiger partial charge in [0.1, 0.15) is 18.1 Å². The molecule has 0 saturated carbocycles. The Morgan fingerprint density at radius 2 is 1.79 bits per heavy atom. The number of likely N-dealkylation sites (tertiary alicyclic amines) is 1. The van der Waals surface area contributed by atoms with Crippen LogP contribution in [0.4, 0.5) is 0 Å². The van der Waals surface area contributed by atoms with Crippen LogP contribution in [0.5, 0.6) is 0 Å². The van der Waals surface area contributed by atoms with Gasteiger partial charge in [0.05, 0.1) is 6.04 Å². The summed E-state index contributed by atoms with van der Waals surface area (Å²) in [5.74, 6) is -1.94. The van der Waals surface area contributed by atoms with Crippen LogP contribution in [-0.4, -0.2) is 71.0 Å². The van der Waals surface area contributed by atoms with Crippen molar-refractivity contribution in [2.45, 2.75) is 76.5 Å². The Morgan fingerprint density at radius 3 is 2.41 bits per heavy atom. The number of rotatable bonds is 10. The van der Waals surface area contributed by atoms with E-state index < -0.39 is 35.9 Å². The molecular formula is C25H36N4O5. The molecule has 4 N–H and O–H groups in total. The number of hydrogen-bond donors (Lipinski definition) is 4. The van der Waals surface area contributed by atoms with Crippen LogP contribution in [0.2, 0.25) is 0 Å². The summed E-state index contributed by atoms with van der Waals surface area (Å²) in [4.78, 5) is 52.5. The first-order chi connectivity index (χ1) is 16.3. The van der Waals surface area contributed by atoms with E-state index in [4.69, 9.17) is 0 Å². The van der Waals surface area contributed by atoms with E-state index in [-0.39, 0.29) is 24.3 Å². The third kappa shape index (κ3) is 6.79. The van der Waals surface area contributed by atoms with Gasteiger partial charge in [0, 0.05) is 13.0 Å². The molecule has 3 amide bonds. The van der Waals surface area contributed by atoms with E-state index in [1.165, 1.54) is 4.90 Å². The Labute approximate surface area is 200 Å². The Balaban J connectivity index is 1.77. The van der Waals surface area contributed by atoms with Gasteiger partial charge in [0.2, 0.25) is 17.7 Å². The molecule has 34 heavy (non-hydrogen) atoms. The van der Waals surface area contributed by atoms with Crippen molar-refractivity contribution in [2.24, 2.45) is 5.92 Å². The molecule has 0 aromatic heterocycles. The number of benzene rings is 1. The number of carbonyl (C=O) groups excluding carboxylic acids is 3. The molecule has 2 aliphatic rings. The molecule has 0 spiro atoms. The number of amides is 3. The zero-order chi connectivity index (χ0) is 24.7. The molecule has 3 rings (SSSR count). The molecule has 2 aliphatic heterocycles. The van der Waals surface area contributed by atoms with Crippen molar-refractivity contribution in [2.75, 3.05) is 13.1 Å². The maximum absolute atomic E-state index is 13.4. The first-order valence-electron chi connectivity index (χ1n) is 12.2. The monoisotopic (exact) mass is 472 g/mol. The molecule has 0 bridgehead atoms. The van der Waals surface area contributed by atoms with Gasteiger partial charge in [-0.2, -0.15) is 0 Å². The summed E-state index contributed by atoms with van der Waals surface area (Å²) >= 11 is 0. The molecule has 0 aliphatic carbocycles. The second-order valence-electron chi connectivity index (χ2n) is 9.62. The summed E-state index contributed by atoms with van der Waals surface area (Å²) in [6.07, 6.45) is 3.30. The molecule has 4 unspecified atom stereocenters. The summed E-state index contributed by atoms with van der Waals surface area (Å²) in [5.41, 5.74) is 0.854. The van der Waals surface area contributed by atoms with Crippen LogP contribution >= 0.6 is 0 Å². The van der Waals surface area contributed by atoms with E-state index in [2.05, 4.69) is 16.0 Å². The normalized spacial score (nSPS) is 21.8. The molecular weight excluding hydrogens is 436 g/mol. The molecule has 2 fully saturated rings. The number of carboxylic acids is 1. The van der Waals surface area contributed by atoms with Crippen LogP contribution in [0.1, 0.15) is 51.5 Å². The quantitative estimate of drug-likeness (QED) is 0.403. The van der Waals surface area contributed by atoms with Crippen molar-refractivity contribution < 1.29 is 24.3 Å². The summed E-state index contributed by atoms with van der Waals surface area (Å²) in [6.45, 7) is 5.05. The minimum atomic E-state index is -1.04. The van der Waals surface area contributed by atoms with Gasteiger partial charge in [-0.25, -0.2) is 4.79 Å². The maximum atomic E-state index is 13.4. The van der Waals surface area contributed by atoms with Gasteiger partial charge in [-0.3, -0.25) is 14.4 Å². The number of carbonyl (C=O) groups is 4. The topological polar surface area (TPSA) is 128 Å². The minimum absolute atomic E-state index is 0.144. The first-order valence-corrected chi connectivity index (χ1v) is 12.2. The van der Waals surface area contributed by atoms with Gasteiger partial charge in [-0.05, 0) is 50.1 Å². The van der Waals surface area contributed by atoms with E-state index >= 15 is 0 Å². The van der Waals surface area contributed by atoms with Crippen LogP contribution in [0.3, 0.4) is 0 Å². The van der Waals surface area contributed by atoms with Crippen molar-refractivity contribution in [3.8, 4) is 0 Å². The van der Waals surface area contributed by atoms with Crippen molar-refractivity contribution in [1.29, 1.82) is 0 Å². The van der Waals surface area contributed by atoms with Crippen molar-refractivity contribution in [3.05, 3.63) is 35.9 Å². The molecule has 2 saturated heterocycles. The van der Waals surface area contributed by atoms with E-state index in [1.807, 2.05) is 44.2 Å². The third-order valence-corrected chi connectivity index (χ3v) is 6.44. The van der Waals surface area contributed by atoms with Crippen molar-refractivity contribution in [1.82, 2.24) is 20.9 Å². The van der Waals surface area contributed by atoms with Crippen LogP contribution in [0.15, 0.2) is 30.3 Å². The Morgan fingerprint density at radius 1 is 1.06 bits per heavy atom. The minimum Gasteiger partial charge on any atom is -0.480 e. The van der Waals surface area contributed by atoms with Gasteiger partial charge in [-0.15, -0.1) is 0 Å². The van der Waals surface area contributed by atoms with Crippen LogP contribution < -0.4 is 16.0 Å². The third-order valence-electron chi connectivity index (χ3n) is 6.44. The van der Waals surface area contributed by atoms with Gasteiger partial charge < -0.3 is 26.0 Å². The summed E-state index contributed by atoms with van der Waals surface area (Å²) < 4.78 is 0. The highest BCUT2D eigenvalue weighted by Crippen LogP contribution is 2.20. The molecule has 9 nitrogen and oxygen atoms in total. The van der Waals surface area contributed by atoms with Gasteiger partial charge >= 0.3 is 5.97 Å². The van der Waals surface area contributed by atoms with Crippen molar-refractivity contribution in [3.63, 3.8) is 0 Å². The number of carboxylic acid groups (broad SMARTS) is 1. The lowest BCUT2D eigenvalue weighted by atomic mass is 10.00. The predicted octanol–water partition coefficient (Wildman–Crippen LogP) is 1.07. The highest BCUT2D eigenvalue weighted by atomic mass is 16.4. The maximum Gasteiger partial charge on any atom is 0.326 e. The fourth-order valence-corrected chi connectivity index (χ4v) is 4.69. The van der Waals surface area contributed by atoms with Gasteiger partial charge in [0.15, 0.2) is 0 Å². The molecule has 186 valence electrons. The fraction of sp³-hybridized carbons (Fsp3) is 0.600. The summed E-state index contributed by atoms with van der Waals surface area (Å²) in [6, 6.07) is 6.39. The Hall–Kier alpha value is -2.94. The predicted molar refractivity (Wildman–Crippen MR) is 127 cm³/mol. The van der Waals surface area contributed by atoms with Crippen LogP contribution in [0, 0.1) is 5.92 Å². The smallest absolute Gasteiger partial charge is 0.326 e. The largest absolute Gasteiger partial charge is 0.480 e. The zero-order valence-corrected chi connectivity index (χ0v) is 20.0. The lowest BCUT2D eigenvalue weighted by molar-refractivity contribution is -0.149. The highest BCUT2D eigenvalue weighted by Gasteiger charge is 2.38. The molecule has 1 aromatic carbocycles. The van der Waals surface area contributed by atoms with E-state index in [9.17, 15) is 24.3 Å². The second-order valence-corrected chi connectivity index (χ2v) is 9.62. The Kier molecular flexibility index (Phi) is 9.04. The van der Waals surface area contributed by atoms with Crippen LogP contribution in [0.25, 0.3) is 0 Å². The second kappa shape index (κ2) is 12.0. The average Bonchev–Trinajstić information content (AvgIpc) is 3.50. The number of nitrogens with one attached hydrogen (secondary N) is 3. The van der Waals surface area contributed by atoms with Crippen molar-refractivity contribution >= 4 is 23.7 Å².